The molecule has 0 fully saturated rings. The smallest absolute Gasteiger partial charge is 0.124 e. The van der Waals surface area contributed by atoms with Crippen LogP contribution in [-0.2, 0) is 11.2 Å². The van der Waals surface area contributed by atoms with Crippen molar-refractivity contribution in [3.63, 3.8) is 0 Å². The number of ether oxygens (including phenoxy) is 1. The van der Waals surface area contributed by atoms with Gasteiger partial charge >= 0.3 is 0 Å². The molecule has 0 aliphatic carbocycles. The van der Waals surface area contributed by atoms with Crippen LogP contribution in [0.15, 0.2) is 22.7 Å². The lowest BCUT2D eigenvalue weighted by atomic mass is 9.82. The van der Waals surface area contributed by atoms with E-state index in [1.807, 2.05) is 6.07 Å². The first-order chi connectivity index (χ1) is 8.77. The van der Waals surface area contributed by atoms with E-state index in [0.717, 1.165) is 10.0 Å². The Morgan fingerprint density at radius 1 is 1.37 bits per heavy atom. The van der Waals surface area contributed by atoms with Crippen molar-refractivity contribution in [1.82, 2.24) is 5.43 Å². The Balaban J connectivity index is 2.92. The van der Waals surface area contributed by atoms with Crippen molar-refractivity contribution in [1.29, 1.82) is 0 Å². The fourth-order valence-electron chi connectivity index (χ4n) is 2.36. The molecule has 3 N–H and O–H groups in total. The summed E-state index contributed by atoms with van der Waals surface area (Å²) in [6.07, 6.45) is 0.530. The van der Waals surface area contributed by atoms with Gasteiger partial charge < -0.3 is 4.74 Å². The average Bonchev–Trinajstić information content (AvgIpc) is 2.25. The quantitative estimate of drug-likeness (QED) is 0.643. The number of nitrogens with two attached hydrogens (primary N) is 1. The highest BCUT2D eigenvalue weighted by molar-refractivity contribution is 9.10. The van der Waals surface area contributed by atoms with Crippen molar-refractivity contribution in [2.75, 3.05) is 7.11 Å². The van der Waals surface area contributed by atoms with Crippen LogP contribution in [0.1, 0.15) is 26.3 Å². The van der Waals surface area contributed by atoms with E-state index < -0.39 is 0 Å². The van der Waals surface area contributed by atoms with Crippen LogP contribution in [0.3, 0.4) is 0 Å². The lowest BCUT2D eigenvalue weighted by Gasteiger charge is -2.35. The van der Waals surface area contributed by atoms with E-state index in [1.165, 1.54) is 12.1 Å². The zero-order chi connectivity index (χ0) is 14.6. The molecule has 2 unspecified atom stereocenters. The SMILES string of the molecule is COC(C(Cc1cc(F)cc(Br)c1)NN)C(C)(C)C. The van der Waals surface area contributed by atoms with Gasteiger partial charge in [0.05, 0.1) is 12.1 Å². The molecule has 0 amide bonds. The maximum atomic E-state index is 13.4. The van der Waals surface area contributed by atoms with Crippen LogP contribution in [0.4, 0.5) is 4.39 Å². The summed E-state index contributed by atoms with van der Waals surface area (Å²) >= 11 is 3.30. The van der Waals surface area contributed by atoms with Crippen molar-refractivity contribution in [2.45, 2.75) is 39.3 Å². The second-order valence-electron chi connectivity index (χ2n) is 5.78. The van der Waals surface area contributed by atoms with Gasteiger partial charge in [-0.25, -0.2) is 4.39 Å². The molecule has 2 atom stereocenters. The third-order valence-electron chi connectivity index (χ3n) is 3.06. The Morgan fingerprint density at radius 3 is 2.42 bits per heavy atom. The van der Waals surface area contributed by atoms with Crippen molar-refractivity contribution in [3.05, 3.63) is 34.1 Å². The monoisotopic (exact) mass is 332 g/mol. The Kier molecular flexibility index (Phi) is 5.92. The van der Waals surface area contributed by atoms with E-state index in [2.05, 4.69) is 42.1 Å². The molecule has 1 rings (SSSR count). The lowest BCUT2D eigenvalue weighted by molar-refractivity contribution is -0.0110. The maximum absolute atomic E-state index is 13.4. The number of halogens is 2. The second kappa shape index (κ2) is 6.79. The largest absolute Gasteiger partial charge is 0.379 e. The summed E-state index contributed by atoms with van der Waals surface area (Å²) in [6.45, 7) is 6.27. The molecule has 0 aliphatic rings. The number of hydrogen-bond acceptors (Lipinski definition) is 3. The molecule has 1 aromatic rings. The average molecular weight is 333 g/mol. The van der Waals surface area contributed by atoms with Gasteiger partial charge in [0.2, 0.25) is 0 Å². The fraction of sp³-hybridized carbons (Fsp3) is 0.571. The molecular formula is C14H22BrFN2O. The highest BCUT2D eigenvalue weighted by atomic mass is 79.9. The minimum absolute atomic E-state index is 0.0592. The Labute approximate surface area is 122 Å². The Bertz CT molecular complexity index is 400. The zero-order valence-electron chi connectivity index (χ0n) is 11.8. The van der Waals surface area contributed by atoms with Gasteiger partial charge in [-0.15, -0.1) is 0 Å². The topological polar surface area (TPSA) is 47.3 Å². The summed E-state index contributed by atoms with van der Waals surface area (Å²) in [5, 5.41) is 0. The molecule has 5 heteroatoms. The van der Waals surface area contributed by atoms with Crippen molar-refractivity contribution in [3.8, 4) is 0 Å². The molecule has 0 aromatic heterocycles. The number of rotatable bonds is 5. The van der Waals surface area contributed by atoms with Gasteiger partial charge in [0, 0.05) is 11.6 Å². The molecule has 0 saturated heterocycles. The first-order valence-electron chi connectivity index (χ1n) is 6.22. The van der Waals surface area contributed by atoms with Crippen LogP contribution in [0, 0.1) is 11.2 Å². The van der Waals surface area contributed by atoms with Crippen LogP contribution < -0.4 is 11.3 Å². The highest BCUT2D eigenvalue weighted by Crippen LogP contribution is 2.26. The van der Waals surface area contributed by atoms with Gasteiger partial charge in [-0.3, -0.25) is 11.3 Å². The summed E-state index contributed by atoms with van der Waals surface area (Å²) in [5.41, 5.74) is 3.60. The predicted molar refractivity (Wildman–Crippen MR) is 79.2 cm³/mol. The number of hydrazine groups is 1. The summed E-state index contributed by atoms with van der Waals surface area (Å²) in [4.78, 5) is 0. The molecule has 0 heterocycles. The molecule has 3 nitrogen and oxygen atoms in total. The second-order valence-corrected chi connectivity index (χ2v) is 6.69. The van der Waals surface area contributed by atoms with E-state index in [9.17, 15) is 4.39 Å². The minimum Gasteiger partial charge on any atom is -0.379 e. The zero-order valence-corrected chi connectivity index (χ0v) is 13.4. The van der Waals surface area contributed by atoms with Crippen LogP contribution in [0.2, 0.25) is 0 Å². The molecule has 0 aliphatic heterocycles. The molecule has 1 aromatic carbocycles. The first-order valence-corrected chi connectivity index (χ1v) is 7.01. The van der Waals surface area contributed by atoms with E-state index in [1.54, 1.807) is 7.11 Å². The number of hydrogen-bond donors (Lipinski definition) is 2. The highest BCUT2D eigenvalue weighted by Gasteiger charge is 2.32. The summed E-state index contributed by atoms with van der Waals surface area (Å²) < 4.78 is 19.7. The van der Waals surface area contributed by atoms with Gasteiger partial charge in [0.25, 0.3) is 0 Å². The van der Waals surface area contributed by atoms with Crippen LogP contribution in [-0.4, -0.2) is 19.3 Å². The van der Waals surface area contributed by atoms with Gasteiger partial charge in [0.15, 0.2) is 0 Å². The van der Waals surface area contributed by atoms with E-state index in [0.29, 0.717) is 6.42 Å². The van der Waals surface area contributed by atoms with Crippen LogP contribution >= 0.6 is 15.9 Å². The van der Waals surface area contributed by atoms with Gasteiger partial charge in [-0.1, -0.05) is 36.7 Å². The Hall–Kier alpha value is -0.490. The summed E-state index contributed by atoms with van der Waals surface area (Å²) in [6, 6.07) is 4.76. The number of nitrogens with one attached hydrogen (secondary N) is 1. The standard InChI is InChI=1S/C14H22BrFN2O/c1-14(2,3)13(19-4)12(18-17)7-9-5-10(15)8-11(16)6-9/h5-6,8,12-13,18H,7,17H2,1-4H3. The van der Waals surface area contributed by atoms with Gasteiger partial charge in [-0.05, 0) is 35.6 Å². The first kappa shape index (κ1) is 16.6. The fourth-order valence-corrected chi connectivity index (χ4v) is 2.87. The summed E-state index contributed by atoms with van der Waals surface area (Å²) in [7, 11) is 1.67. The molecule has 0 radical (unpaired) electrons. The van der Waals surface area contributed by atoms with Crippen molar-refractivity contribution >= 4 is 15.9 Å². The van der Waals surface area contributed by atoms with Gasteiger partial charge in [0.1, 0.15) is 5.82 Å². The van der Waals surface area contributed by atoms with Crippen LogP contribution in [0.5, 0.6) is 0 Å². The number of methoxy groups -OCH3 is 1. The summed E-state index contributed by atoms with van der Waals surface area (Å²) in [5.74, 6) is 5.38. The molecule has 0 saturated carbocycles. The Morgan fingerprint density at radius 2 is 2.00 bits per heavy atom. The molecule has 19 heavy (non-hydrogen) atoms. The van der Waals surface area contributed by atoms with Crippen LogP contribution in [0.25, 0.3) is 0 Å². The third kappa shape index (κ3) is 4.84. The van der Waals surface area contributed by atoms with Crippen molar-refractivity contribution in [2.24, 2.45) is 11.3 Å². The van der Waals surface area contributed by atoms with Crippen molar-refractivity contribution < 1.29 is 9.13 Å². The molecular weight excluding hydrogens is 311 g/mol. The third-order valence-corrected chi connectivity index (χ3v) is 3.52. The van der Waals surface area contributed by atoms with Gasteiger partial charge in [-0.2, -0.15) is 0 Å². The van der Waals surface area contributed by atoms with E-state index in [-0.39, 0.29) is 23.4 Å². The maximum Gasteiger partial charge on any atom is 0.124 e. The van der Waals surface area contributed by atoms with E-state index >= 15 is 0 Å². The van der Waals surface area contributed by atoms with E-state index in [4.69, 9.17) is 10.6 Å². The molecule has 0 spiro atoms. The normalized spacial score (nSPS) is 15.3. The molecule has 0 bridgehead atoms. The minimum atomic E-state index is -0.259. The lowest BCUT2D eigenvalue weighted by Crippen LogP contribution is -2.51. The molecule has 108 valence electrons. The number of benzene rings is 1. The predicted octanol–water partition coefficient (Wildman–Crippen LogP) is 3.02.